The third-order valence-corrected chi connectivity index (χ3v) is 5.30. The fraction of sp³-hybridized carbons (Fsp3) is 0.200. The standard InChI is InChI=1S/C25H22F2N2O3/c26-21-6-3-4-17(12-21)13-24(30)29-10-11-32-23-9-8-18(14-20(23)16-29)25(31)28-15-19-5-1-2-7-22(19)27/h1-9,12,14H,10-11,13,15-16H2,(H,28,31). The number of benzene rings is 3. The van der Waals surface area contributed by atoms with Gasteiger partial charge in [-0.2, -0.15) is 0 Å². The number of carbonyl (C=O) groups excluding carboxylic acids is 2. The Bertz CT molecular complexity index is 1150. The molecule has 3 aromatic carbocycles. The third-order valence-electron chi connectivity index (χ3n) is 5.30. The minimum absolute atomic E-state index is 0.0668. The van der Waals surface area contributed by atoms with Crippen LogP contribution >= 0.6 is 0 Å². The molecular formula is C25H22F2N2O3. The van der Waals surface area contributed by atoms with Crippen molar-refractivity contribution in [2.75, 3.05) is 13.2 Å². The van der Waals surface area contributed by atoms with Crippen molar-refractivity contribution in [3.8, 4) is 5.75 Å². The number of ether oxygens (including phenoxy) is 1. The number of nitrogens with zero attached hydrogens (tertiary/aromatic N) is 1. The summed E-state index contributed by atoms with van der Waals surface area (Å²) in [5, 5.41) is 2.71. The highest BCUT2D eigenvalue weighted by Gasteiger charge is 2.21. The number of rotatable bonds is 5. The van der Waals surface area contributed by atoms with Crippen molar-refractivity contribution < 1.29 is 23.1 Å². The van der Waals surface area contributed by atoms with Gasteiger partial charge in [0.05, 0.1) is 13.0 Å². The lowest BCUT2D eigenvalue weighted by Gasteiger charge is -2.20. The average molecular weight is 436 g/mol. The largest absolute Gasteiger partial charge is 0.491 e. The van der Waals surface area contributed by atoms with Gasteiger partial charge < -0.3 is 15.0 Å². The topological polar surface area (TPSA) is 58.6 Å². The Morgan fingerprint density at radius 1 is 1.00 bits per heavy atom. The Morgan fingerprint density at radius 2 is 1.84 bits per heavy atom. The van der Waals surface area contributed by atoms with Crippen molar-refractivity contribution >= 4 is 11.8 Å². The molecule has 1 N–H and O–H groups in total. The van der Waals surface area contributed by atoms with Gasteiger partial charge in [-0.05, 0) is 42.0 Å². The van der Waals surface area contributed by atoms with Gasteiger partial charge in [-0.25, -0.2) is 8.78 Å². The lowest BCUT2D eigenvalue weighted by Crippen LogP contribution is -2.33. The van der Waals surface area contributed by atoms with E-state index < -0.39 is 0 Å². The van der Waals surface area contributed by atoms with Crippen LogP contribution < -0.4 is 10.1 Å². The van der Waals surface area contributed by atoms with Crippen LogP contribution in [0.2, 0.25) is 0 Å². The van der Waals surface area contributed by atoms with Gasteiger partial charge in [0.2, 0.25) is 5.91 Å². The lowest BCUT2D eigenvalue weighted by molar-refractivity contribution is -0.131. The summed E-state index contributed by atoms with van der Waals surface area (Å²) in [4.78, 5) is 27.0. The van der Waals surface area contributed by atoms with Crippen LogP contribution in [0.1, 0.15) is 27.0 Å². The Labute approximate surface area is 184 Å². The zero-order valence-electron chi connectivity index (χ0n) is 17.3. The molecule has 0 spiro atoms. The maximum atomic E-state index is 13.8. The van der Waals surface area contributed by atoms with Crippen molar-refractivity contribution in [2.24, 2.45) is 0 Å². The Kier molecular flexibility index (Phi) is 6.44. The summed E-state index contributed by atoms with van der Waals surface area (Å²) in [6.07, 6.45) is 0.0793. The first-order valence-corrected chi connectivity index (χ1v) is 10.3. The maximum Gasteiger partial charge on any atom is 0.251 e. The monoisotopic (exact) mass is 436 g/mol. The fourth-order valence-electron chi connectivity index (χ4n) is 3.60. The van der Waals surface area contributed by atoms with Crippen LogP contribution in [-0.4, -0.2) is 29.9 Å². The van der Waals surface area contributed by atoms with E-state index in [1.54, 1.807) is 53.4 Å². The predicted octanol–water partition coefficient (Wildman–Crippen LogP) is 3.86. The number of carbonyl (C=O) groups is 2. The molecule has 1 aliphatic rings. The van der Waals surface area contributed by atoms with E-state index in [0.717, 1.165) is 0 Å². The van der Waals surface area contributed by atoms with E-state index in [0.29, 0.717) is 41.2 Å². The Hall–Kier alpha value is -3.74. The van der Waals surface area contributed by atoms with Crippen LogP contribution in [0.5, 0.6) is 5.75 Å². The van der Waals surface area contributed by atoms with Crippen LogP contribution in [0.15, 0.2) is 66.7 Å². The highest BCUT2D eigenvalue weighted by molar-refractivity contribution is 5.94. The molecule has 0 unspecified atom stereocenters. The van der Waals surface area contributed by atoms with E-state index in [4.69, 9.17) is 4.74 Å². The van der Waals surface area contributed by atoms with E-state index in [2.05, 4.69) is 5.32 Å². The molecular weight excluding hydrogens is 414 g/mol. The molecule has 32 heavy (non-hydrogen) atoms. The van der Waals surface area contributed by atoms with Gasteiger partial charge in [0.25, 0.3) is 5.91 Å². The summed E-state index contributed by atoms with van der Waals surface area (Å²) < 4.78 is 33.0. The molecule has 0 bridgehead atoms. The number of hydrogen-bond donors (Lipinski definition) is 1. The molecule has 0 fully saturated rings. The van der Waals surface area contributed by atoms with Crippen molar-refractivity contribution in [3.05, 3.63) is 101 Å². The van der Waals surface area contributed by atoms with E-state index >= 15 is 0 Å². The van der Waals surface area contributed by atoms with Crippen LogP contribution in [0.25, 0.3) is 0 Å². The summed E-state index contributed by atoms with van der Waals surface area (Å²) in [6.45, 7) is 1.05. The summed E-state index contributed by atoms with van der Waals surface area (Å²) in [6, 6.07) is 17.2. The molecule has 1 aliphatic heterocycles. The molecule has 0 aliphatic carbocycles. The van der Waals surface area contributed by atoms with E-state index in [-0.39, 0.29) is 43.0 Å². The molecule has 4 rings (SSSR count). The molecule has 164 valence electrons. The molecule has 3 aromatic rings. The first-order chi connectivity index (χ1) is 15.5. The second kappa shape index (κ2) is 9.60. The molecule has 0 saturated carbocycles. The van der Waals surface area contributed by atoms with E-state index in [1.165, 1.54) is 18.2 Å². The van der Waals surface area contributed by atoms with Crippen molar-refractivity contribution in [1.29, 1.82) is 0 Å². The number of nitrogens with one attached hydrogen (secondary N) is 1. The normalized spacial score (nSPS) is 13.0. The zero-order valence-corrected chi connectivity index (χ0v) is 17.3. The van der Waals surface area contributed by atoms with Gasteiger partial charge in [-0.1, -0.05) is 30.3 Å². The van der Waals surface area contributed by atoms with Crippen molar-refractivity contribution in [2.45, 2.75) is 19.5 Å². The number of fused-ring (bicyclic) bond motifs is 1. The molecule has 7 heteroatoms. The van der Waals surface area contributed by atoms with Gasteiger partial charge in [0, 0.05) is 29.8 Å². The van der Waals surface area contributed by atoms with Crippen LogP contribution in [0, 0.1) is 11.6 Å². The maximum absolute atomic E-state index is 13.8. The predicted molar refractivity (Wildman–Crippen MR) is 115 cm³/mol. The average Bonchev–Trinajstić information content (AvgIpc) is 3.00. The first kappa shape index (κ1) is 21.5. The summed E-state index contributed by atoms with van der Waals surface area (Å²) >= 11 is 0. The quantitative estimate of drug-likeness (QED) is 0.661. The van der Waals surface area contributed by atoms with Crippen LogP contribution in [0.3, 0.4) is 0 Å². The highest BCUT2D eigenvalue weighted by Crippen LogP contribution is 2.25. The second-order valence-corrected chi connectivity index (χ2v) is 7.57. The first-order valence-electron chi connectivity index (χ1n) is 10.3. The summed E-state index contributed by atoms with van der Waals surface area (Å²) in [5.74, 6) is -0.655. The van der Waals surface area contributed by atoms with Gasteiger partial charge in [0.1, 0.15) is 24.0 Å². The SMILES string of the molecule is O=C(NCc1ccccc1F)c1ccc2c(c1)CN(C(=O)Cc1cccc(F)c1)CCO2. The fourth-order valence-corrected chi connectivity index (χ4v) is 3.60. The molecule has 2 amide bonds. The highest BCUT2D eigenvalue weighted by atomic mass is 19.1. The Balaban J connectivity index is 1.45. The minimum Gasteiger partial charge on any atom is -0.491 e. The van der Waals surface area contributed by atoms with Gasteiger partial charge in [-0.3, -0.25) is 9.59 Å². The third kappa shape index (κ3) is 5.11. The molecule has 0 aromatic heterocycles. The van der Waals surface area contributed by atoms with E-state index in [1.807, 2.05) is 0 Å². The lowest BCUT2D eigenvalue weighted by atomic mass is 10.1. The second-order valence-electron chi connectivity index (χ2n) is 7.57. The van der Waals surface area contributed by atoms with Gasteiger partial charge in [-0.15, -0.1) is 0 Å². The molecule has 5 nitrogen and oxygen atoms in total. The van der Waals surface area contributed by atoms with Gasteiger partial charge in [0.15, 0.2) is 0 Å². The van der Waals surface area contributed by atoms with E-state index in [9.17, 15) is 18.4 Å². The smallest absolute Gasteiger partial charge is 0.251 e. The molecule has 0 atom stereocenters. The Morgan fingerprint density at radius 3 is 2.66 bits per heavy atom. The molecule has 1 heterocycles. The van der Waals surface area contributed by atoms with Crippen LogP contribution in [-0.2, 0) is 24.3 Å². The van der Waals surface area contributed by atoms with Crippen LogP contribution in [0.4, 0.5) is 8.78 Å². The molecule has 0 saturated heterocycles. The number of amides is 2. The number of hydrogen-bond acceptors (Lipinski definition) is 3. The number of halogens is 2. The van der Waals surface area contributed by atoms with Gasteiger partial charge >= 0.3 is 0 Å². The summed E-state index contributed by atoms with van der Waals surface area (Å²) in [5.41, 5.74) is 2.09. The van der Waals surface area contributed by atoms with Crippen molar-refractivity contribution in [1.82, 2.24) is 10.2 Å². The molecule has 0 radical (unpaired) electrons. The summed E-state index contributed by atoms with van der Waals surface area (Å²) in [7, 11) is 0. The zero-order chi connectivity index (χ0) is 22.5. The minimum atomic E-state index is -0.383. The van der Waals surface area contributed by atoms with Crippen molar-refractivity contribution in [3.63, 3.8) is 0 Å².